The van der Waals surface area contributed by atoms with E-state index in [1.165, 1.54) is 0 Å². The molecule has 0 rings (SSSR count). The Bertz CT molecular complexity index is 435. The van der Waals surface area contributed by atoms with Crippen LogP contribution in [-0.2, 0) is 38.7 Å². The fourth-order valence-electron chi connectivity index (χ4n) is 1.30. The SMILES string of the molecule is [CH2-]C(C)(C)C(=O)CC(=O)C(C)(C)C.[CH2-]C(C)(C)C(=O)CC(=O)C(C)(C)C.[Zn+2]. The maximum absolute atomic E-state index is 11.5. The summed E-state index contributed by atoms with van der Waals surface area (Å²) in [7, 11) is 0. The Morgan fingerprint density at radius 2 is 0.704 bits per heavy atom. The summed E-state index contributed by atoms with van der Waals surface area (Å²) in [6.45, 7) is 25.2. The van der Waals surface area contributed by atoms with Crippen LogP contribution in [0.4, 0.5) is 0 Å². The van der Waals surface area contributed by atoms with Gasteiger partial charge >= 0.3 is 19.5 Å². The number of carbonyl (C=O) groups is 4. The number of Topliss-reactive ketones (excluding diaryl/α,β-unsaturated/α-hetero) is 4. The molecule has 0 atom stereocenters. The Balaban J connectivity index is -0.000000411. The third kappa shape index (κ3) is 14.0. The van der Waals surface area contributed by atoms with Crippen molar-refractivity contribution in [3.05, 3.63) is 13.8 Å². The molecule has 0 spiro atoms. The van der Waals surface area contributed by atoms with E-state index in [1.807, 2.05) is 41.5 Å². The maximum Gasteiger partial charge on any atom is 2.00 e. The van der Waals surface area contributed by atoms with Crippen LogP contribution in [0.5, 0.6) is 0 Å². The van der Waals surface area contributed by atoms with Crippen LogP contribution in [-0.4, -0.2) is 23.1 Å². The second-order valence-corrected chi connectivity index (χ2v) is 10.3. The summed E-state index contributed by atoms with van der Waals surface area (Å²) in [6.07, 6.45) is -0.000000000000000444. The molecular formula is C22H38O4Zn. The summed E-state index contributed by atoms with van der Waals surface area (Å²) in [4.78, 5) is 45.8. The van der Waals surface area contributed by atoms with Crippen molar-refractivity contribution in [2.24, 2.45) is 21.7 Å². The minimum atomic E-state index is -0.652. The van der Waals surface area contributed by atoms with E-state index in [0.717, 1.165) is 0 Å². The molecule has 5 heteroatoms. The van der Waals surface area contributed by atoms with Crippen LogP contribution in [0.15, 0.2) is 0 Å². The Morgan fingerprint density at radius 1 is 0.519 bits per heavy atom. The molecule has 0 heterocycles. The normalized spacial score (nSPS) is 12.3. The fourth-order valence-corrected chi connectivity index (χ4v) is 1.30. The van der Waals surface area contributed by atoms with Crippen LogP contribution in [0.2, 0.25) is 0 Å². The molecule has 0 aromatic heterocycles. The van der Waals surface area contributed by atoms with Crippen LogP contribution in [0, 0.1) is 35.5 Å². The van der Waals surface area contributed by atoms with Gasteiger partial charge in [-0.15, -0.1) is 10.8 Å². The van der Waals surface area contributed by atoms with E-state index in [9.17, 15) is 19.2 Å². The number of hydrogen-bond donors (Lipinski definition) is 0. The topological polar surface area (TPSA) is 68.3 Å². The van der Waals surface area contributed by atoms with Gasteiger partial charge in [0, 0.05) is 10.8 Å². The molecule has 0 aromatic carbocycles. The number of ketones is 4. The van der Waals surface area contributed by atoms with Crippen LogP contribution < -0.4 is 0 Å². The quantitative estimate of drug-likeness (QED) is 0.343. The zero-order chi connectivity index (χ0) is 21.7. The van der Waals surface area contributed by atoms with Crippen LogP contribution in [0.3, 0.4) is 0 Å². The Hall–Kier alpha value is -0.697. The van der Waals surface area contributed by atoms with Crippen LogP contribution in [0.1, 0.15) is 82.1 Å². The van der Waals surface area contributed by atoms with E-state index in [0.29, 0.717) is 0 Å². The Morgan fingerprint density at radius 3 is 0.815 bits per heavy atom. The van der Waals surface area contributed by atoms with Gasteiger partial charge in [-0.1, -0.05) is 69.2 Å². The van der Waals surface area contributed by atoms with E-state index in [4.69, 9.17) is 0 Å². The van der Waals surface area contributed by atoms with Gasteiger partial charge in [0.25, 0.3) is 0 Å². The predicted octanol–water partition coefficient (Wildman–Crippen LogP) is 4.84. The molecule has 0 N–H and O–H groups in total. The number of hydrogen-bond acceptors (Lipinski definition) is 4. The monoisotopic (exact) mass is 430 g/mol. The molecule has 152 valence electrons. The van der Waals surface area contributed by atoms with Gasteiger partial charge in [-0.2, -0.15) is 0 Å². The molecule has 0 saturated heterocycles. The molecular weight excluding hydrogens is 394 g/mol. The van der Waals surface area contributed by atoms with Crippen LogP contribution in [0.25, 0.3) is 0 Å². The summed E-state index contributed by atoms with van der Waals surface area (Å²) < 4.78 is 0. The van der Waals surface area contributed by atoms with Crippen molar-refractivity contribution in [1.29, 1.82) is 0 Å². The van der Waals surface area contributed by atoms with E-state index >= 15 is 0 Å². The summed E-state index contributed by atoms with van der Waals surface area (Å²) in [5.74, 6) is -0.219. The molecule has 0 aliphatic rings. The number of carbonyl (C=O) groups excluding carboxylic acids is 4. The van der Waals surface area contributed by atoms with Crippen molar-refractivity contribution in [2.45, 2.75) is 82.1 Å². The van der Waals surface area contributed by atoms with Crippen molar-refractivity contribution in [3.8, 4) is 0 Å². The van der Waals surface area contributed by atoms with Gasteiger partial charge in [-0.3, -0.25) is 9.59 Å². The summed E-state index contributed by atoms with van der Waals surface area (Å²) in [5, 5.41) is 0. The largest absolute Gasteiger partial charge is 2.00 e. The average molecular weight is 432 g/mol. The van der Waals surface area contributed by atoms with E-state index < -0.39 is 21.7 Å². The molecule has 0 aliphatic carbocycles. The third-order valence-electron chi connectivity index (χ3n) is 3.82. The minimum Gasteiger partial charge on any atom is -0.331 e. The first-order valence-electron chi connectivity index (χ1n) is 8.94. The maximum atomic E-state index is 11.5. The molecule has 0 bridgehead atoms. The van der Waals surface area contributed by atoms with Crippen molar-refractivity contribution >= 4 is 23.1 Å². The molecule has 0 radical (unpaired) electrons. The fraction of sp³-hybridized carbons (Fsp3) is 0.727. The smallest absolute Gasteiger partial charge is 0.331 e. The zero-order valence-electron chi connectivity index (χ0n) is 19.2. The predicted molar refractivity (Wildman–Crippen MR) is 106 cm³/mol. The minimum absolute atomic E-state index is 0. The summed E-state index contributed by atoms with van der Waals surface area (Å²) >= 11 is 0. The average Bonchev–Trinajstić information content (AvgIpc) is 2.34. The molecule has 0 unspecified atom stereocenters. The second-order valence-electron chi connectivity index (χ2n) is 10.3. The first-order valence-corrected chi connectivity index (χ1v) is 8.94. The van der Waals surface area contributed by atoms with E-state index in [1.54, 1.807) is 27.7 Å². The van der Waals surface area contributed by atoms with E-state index in [-0.39, 0.29) is 55.5 Å². The molecule has 4 nitrogen and oxygen atoms in total. The van der Waals surface area contributed by atoms with Gasteiger partial charge in [0.2, 0.25) is 0 Å². The van der Waals surface area contributed by atoms with Crippen molar-refractivity contribution in [1.82, 2.24) is 0 Å². The van der Waals surface area contributed by atoms with Gasteiger partial charge < -0.3 is 23.4 Å². The molecule has 0 saturated carbocycles. The van der Waals surface area contributed by atoms with Gasteiger partial charge in [0.15, 0.2) is 0 Å². The molecule has 27 heavy (non-hydrogen) atoms. The molecule has 0 aromatic rings. The van der Waals surface area contributed by atoms with E-state index in [2.05, 4.69) is 13.8 Å². The van der Waals surface area contributed by atoms with Crippen molar-refractivity contribution in [2.75, 3.05) is 0 Å². The summed E-state index contributed by atoms with van der Waals surface area (Å²) in [6, 6.07) is 0. The van der Waals surface area contributed by atoms with Gasteiger partial charge in [0.05, 0.1) is 12.8 Å². The first kappa shape index (κ1) is 31.0. The Kier molecular flexibility index (Phi) is 12.3. The summed E-state index contributed by atoms with van der Waals surface area (Å²) in [5.41, 5.74) is -2.16. The molecule has 0 amide bonds. The van der Waals surface area contributed by atoms with Gasteiger partial charge in [-0.25, -0.2) is 0 Å². The molecule has 0 fully saturated rings. The van der Waals surface area contributed by atoms with Crippen molar-refractivity contribution in [3.63, 3.8) is 0 Å². The number of rotatable bonds is 6. The first-order chi connectivity index (χ1) is 11.1. The van der Waals surface area contributed by atoms with Gasteiger partial charge in [-0.05, 0) is 0 Å². The van der Waals surface area contributed by atoms with Crippen LogP contribution >= 0.6 is 0 Å². The van der Waals surface area contributed by atoms with Crippen molar-refractivity contribution < 1.29 is 38.7 Å². The zero-order valence-corrected chi connectivity index (χ0v) is 22.1. The molecule has 0 aliphatic heterocycles. The van der Waals surface area contributed by atoms with Gasteiger partial charge in [0.1, 0.15) is 23.1 Å². The third-order valence-corrected chi connectivity index (χ3v) is 3.82. The Labute approximate surface area is 179 Å². The standard InChI is InChI=1S/2C11H19O2.Zn/c2*1-10(2,3)8(12)7-9(13)11(4,5)6;/h2*1,7H2,2-6H3;/q2*-1;+2. The second kappa shape index (κ2) is 10.7.